The average Bonchev–Trinajstić information content (AvgIpc) is 3.27. The Morgan fingerprint density at radius 3 is 2.83 bits per heavy atom. The van der Waals surface area contributed by atoms with E-state index in [9.17, 15) is 4.79 Å². The Labute approximate surface area is 140 Å². The molecule has 0 aliphatic carbocycles. The van der Waals surface area contributed by atoms with Crippen LogP contribution in [0.4, 0.5) is 5.69 Å². The van der Waals surface area contributed by atoms with Crippen molar-refractivity contribution in [1.29, 1.82) is 0 Å². The summed E-state index contributed by atoms with van der Waals surface area (Å²) in [6.07, 6.45) is 1.09. The van der Waals surface area contributed by atoms with Gasteiger partial charge in [0, 0.05) is 30.7 Å². The Balaban J connectivity index is 1.36. The molecule has 2 heterocycles. The predicted molar refractivity (Wildman–Crippen MR) is 95.2 cm³/mol. The maximum atomic E-state index is 12.4. The van der Waals surface area contributed by atoms with Crippen LogP contribution >= 0.6 is 0 Å². The Bertz CT molecular complexity index is 843. The number of para-hydroxylation sites is 2. The summed E-state index contributed by atoms with van der Waals surface area (Å²) in [6, 6.07) is 18.1. The Kier molecular flexibility index (Phi) is 3.91. The highest BCUT2D eigenvalue weighted by Gasteiger charge is 2.23. The third-order valence-electron chi connectivity index (χ3n) is 4.64. The summed E-state index contributed by atoms with van der Waals surface area (Å²) in [4.78, 5) is 14.8. The van der Waals surface area contributed by atoms with Crippen LogP contribution in [0.15, 0.2) is 54.6 Å². The molecule has 2 aromatic carbocycles. The number of anilines is 1. The molecule has 0 saturated carbocycles. The summed E-state index contributed by atoms with van der Waals surface area (Å²) in [5, 5.41) is 11.0. The van der Waals surface area contributed by atoms with Gasteiger partial charge in [0.25, 0.3) is 5.91 Å². The van der Waals surface area contributed by atoms with Gasteiger partial charge in [-0.2, -0.15) is 5.10 Å². The third kappa shape index (κ3) is 2.85. The molecule has 4 rings (SSSR count). The highest BCUT2D eigenvalue weighted by molar-refractivity contribution is 6.04. The maximum absolute atomic E-state index is 12.4. The van der Waals surface area contributed by atoms with E-state index in [0.29, 0.717) is 18.2 Å². The molecule has 1 aromatic heterocycles. The van der Waals surface area contributed by atoms with E-state index in [0.717, 1.165) is 30.4 Å². The Hall–Kier alpha value is -2.82. The van der Waals surface area contributed by atoms with E-state index in [2.05, 4.69) is 44.7 Å². The fourth-order valence-electron chi connectivity index (χ4n) is 3.33. The van der Waals surface area contributed by atoms with Gasteiger partial charge in [-0.1, -0.05) is 36.4 Å². The second kappa shape index (κ2) is 6.35. The summed E-state index contributed by atoms with van der Waals surface area (Å²) < 4.78 is 0. The molecule has 5 heteroatoms. The van der Waals surface area contributed by atoms with Crippen molar-refractivity contribution in [3.63, 3.8) is 0 Å². The molecule has 1 unspecified atom stereocenters. The zero-order chi connectivity index (χ0) is 16.4. The minimum Gasteiger partial charge on any atom is -0.371 e. The van der Waals surface area contributed by atoms with Crippen molar-refractivity contribution in [1.82, 2.24) is 15.5 Å². The first kappa shape index (κ1) is 14.8. The molecule has 0 spiro atoms. The standard InChI is InChI=1S/C19H20N4O/c24-19(18-16-8-4-5-9-17(16)21-22-18)20-12-14-10-11-23(13-14)15-6-2-1-3-7-15/h1-9,14H,10-13H2,(H,20,24)(H,21,22). The summed E-state index contributed by atoms with van der Waals surface area (Å²) >= 11 is 0. The van der Waals surface area contributed by atoms with Crippen LogP contribution in [0.3, 0.4) is 0 Å². The molecule has 122 valence electrons. The quantitative estimate of drug-likeness (QED) is 0.777. The second-order valence-electron chi connectivity index (χ2n) is 6.26. The number of aromatic amines is 1. The third-order valence-corrected chi connectivity index (χ3v) is 4.64. The number of hydrogen-bond donors (Lipinski definition) is 2. The zero-order valence-electron chi connectivity index (χ0n) is 13.4. The van der Waals surface area contributed by atoms with Crippen molar-refractivity contribution in [2.75, 3.05) is 24.5 Å². The van der Waals surface area contributed by atoms with Gasteiger partial charge in [0.1, 0.15) is 0 Å². The van der Waals surface area contributed by atoms with Crippen LogP contribution in [-0.2, 0) is 0 Å². The monoisotopic (exact) mass is 320 g/mol. The van der Waals surface area contributed by atoms with Crippen LogP contribution in [-0.4, -0.2) is 35.7 Å². The molecule has 1 aliphatic rings. The van der Waals surface area contributed by atoms with Gasteiger partial charge in [-0.05, 0) is 30.5 Å². The van der Waals surface area contributed by atoms with E-state index in [1.165, 1.54) is 5.69 Å². The van der Waals surface area contributed by atoms with Crippen LogP contribution in [0.1, 0.15) is 16.9 Å². The zero-order valence-corrected chi connectivity index (χ0v) is 13.4. The number of benzene rings is 2. The number of amides is 1. The summed E-state index contributed by atoms with van der Waals surface area (Å²) in [5.74, 6) is 0.366. The van der Waals surface area contributed by atoms with E-state index in [4.69, 9.17) is 0 Å². The molecule has 0 radical (unpaired) electrons. The fourth-order valence-corrected chi connectivity index (χ4v) is 3.33. The van der Waals surface area contributed by atoms with Crippen molar-refractivity contribution < 1.29 is 4.79 Å². The van der Waals surface area contributed by atoms with E-state index in [1.54, 1.807) is 0 Å². The largest absolute Gasteiger partial charge is 0.371 e. The Morgan fingerprint density at radius 2 is 1.96 bits per heavy atom. The minimum absolute atomic E-state index is 0.106. The Morgan fingerprint density at radius 1 is 1.17 bits per heavy atom. The van der Waals surface area contributed by atoms with Crippen molar-refractivity contribution in [2.45, 2.75) is 6.42 Å². The molecule has 1 fully saturated rings. The average molecular weight is 320 g/mol. The molecule has 2 N–H and O–H groups in total. The van der Waals surface area contributed by atoms with Crippen LogP contribution in [0.2, 0.25) is 0 Å². The molecule has 5 nitrogen and oxygen atoms in total. The topological polar surface area (TPSA) is 61.0 Å². The highest BCUT2D eigenvalue weighted by Crippen LogP contribution is 2.23. The number of nitrogens with one attached hydrogen (secondary N) is 2. The van der Waals surface area contributed by atoms with Crippen LogP contribution in [0.25, 0.3) is 10.9 Å². The highest BCUT2D eigenvalue weighted by atomic mass is 16.1. The number of carbonyl (C=O) groups excluding carboxylic acids is 1. The van der Waals surface area contributed by atoms with E-state index >= 15 is 0 Å². The summed E-state index contributed by atoms with van der Waals surface area (Å²) in [5.41, 5.74) is 2.62. The molecule has 1 atom stereocenters. The van der Waals surface area contributed by atoms with E-state index in [1.807, 2.05) is 30.3 Å². The van der Waals surface area contributed by atoms with E-state index < -0.39 is 0 Å². The number of H-pyrrole nitrogens is 1. The molecular weight excluding hydrogens is 300 g/mol. The normalized spacial score (nSPS) is 17.3. The lowest BCUT2D eigenvalue weighted by Crippen LogP contribution is -2.31. The first-order valence-corrected chi connectivity index (χ1v) is 8.32. The van der Waals surface area contributed by atoms with Crippen molar-refractivity contribution in [3.05, 3.63) is 60.3 Å². The van der Waals surface area contributed by atoms with Gasteiger partial charge in [0.15, 0.2) is 5.69 Å². The predicted octanol–water partition coefficient (Wildman–Crippen LogP) is 2.82. The van der Waals surface area contributed by atoms with Crippen molar-refractivity contribution in [2.24, 2.45) is 5.92 Å². The lowest BCUT2D eigenvalue weighted by atomic mass is 10.1. The second-order valence-corrected chi connectivity index (χ2v) is 6.26. The number of nitrogens with zero attached hydrogens (tertiary/aromatic N) is 2. The van der Waals surface area contributed by atoms with Gasteiger partial charge in [-0.3, -0.25) is 9.89 Å². The first-order valence-electron chi connectivity index (χ1n) is 8.32. The first-order chi connectivity index (χ1) is 11.8. The van der Waals surface area contributed by atoms with E-state index in [-0.39, 0.29) is 5.91 Å². The maximum Gasteiger partial charge on any atom is 0.272 e. The SMILES string of the molecule is O=C(NCC1CCN(c2ccccc2)C1)c1n[nH]c2ccccc12. The number of aromatic nitrogens is 2. The van der Waals surface area contributed by atoms with Gasteiger partial charge in [0.05, 0.1) is 5.52 Å². The fraction of sp³-hybridized carbons (Fsp3) is 0.263. The lowest BCUT2D eigenvalue weighted by molar-refractivity contribution is 0.0945. The van der Waals surface area contributed by atoms with Gasteiger partial charge in [-0.25, -0.2) is 0 Å². The van der Waals surface area contributed by atoms with Gasteiger partial charge in [0.2, 0.25) is 0 Å². The smallest absolute Gasteiger partial charge is 0.272 e. The molecule has 0 bridgehead atoms. The van der Waals surface area contributed by atoms with Crippen LogP contribution in [0.5, 0.6) is 0 Å². The van der Waals surface area contributed by atoms with Gasteiger partial charge >= 0.3 is 0 Å². The molecule has 24 heavy (non-hydrogen) atoms. The van der Waals surface area contributed by atoms with Crippen LogP contribution in [0, 0.1) is 5.92 Å². The van der Waals surface area contributed by atoms with Crippen molar-refractivity contribution in [3.8, 4) is 0 Å². The molecule has 1 saturated heterocycles. The lowest BCUT2D eigenvalue weighted by Gasteiger charge is -2.18. The van der Waals surface area contributed by atoms with Gasteiger partial charge < -0.3 is 10.2 Å². The number of hydrogen-bond acceptors (Lipinski definition) is 3. The summed E-state index contributed by atoms with van der Waals surface area (Å²) in [6.45, 7) is 2.70. The van der Waals surface area contributed by atoms with Crippen LogP contribution < -0.4 is 10.2 Å². The number of rotatable bonds is 4. The molecular formula is C19H20N4O. The van der Waals surface area contributed by atoms with Crippen molar-refractivity contribution >= 4 is 22.5 Å². The number of carbonyl (C=O) groups is 1. The molecule has 1 amide bonds. The van der Waals surface area contributed by atoms with Gasteiger partial charge in [-0.15, -0.1) is 0 Å². The minimum atomic E-state index is -0.106. The molecule has 1 aliphatic heterocycles. The number of fused-ring (bicyclic) bond motifs is 1. The summed E-state index contributed by atoms with van der Waals surface area (Å²) in [7, 11) is 0. The molecule has 3 aromatic rings.